The summed E-state index contributed by atoms with van der Waals surface area (Å²) in [5.41, 5.74) is 1.35. The summed E-state index contributed by atoms with van der Waals surface area (Å²) in [6.07, 6.45) is 3.85. The van der Waals surface area contributed by atoms with Crippen LogP contribution in [0, 0.1) is 0 Å². The number of rotatable bonds is 3. The number of aromatic nitrogens is 2. The highest BCUT2D eigenvalue weighted by molar-refractivity contribution is 5.94. The Hall–Kier alpha value is -2.83. The van der Waals surface area contributed by atoms with E-state index in [1.165, 1.54) is 12.1 Å². The van der Waals surface area contributed by atoms with Gasteiger partial charge < -0.3 is 14.9 Å². The first-order chi connectivity index (χ1) is 11.5. The van der Waals surface area contributed by atoms with Crippen LogP contribution in [0.25, 0.3) is 0 Å². The second-order valence-corrected chi connectivity index (χ2v) is 5.92. The fraction of sp³-hybridized carbons (Fsp3) is 0.353. The number of hydrogen-bond donors (Lipinski definition) is 1. The first-order valence-corrected chi connectivity index (χ1v) is 7.86. The first-order valence-electron chi connectivity index (χ1n) is 7.86. The minimum Gasteiger partial charge on any atom is -0.508 e. The molecule has 2 heterocycles. The third-order valence-electron chi connectivity index (χ3n) is 4.13. The molecular weight excluding hydrogens is 308 g/mol. The van der Waals surface area contributed by atoms with Crippen molar-refractivity contribution in [2.45, 2.75) is 6.42 Å². The molecule has 1 N–H and O–H groups in total. The number of phenols is 1. The highest BCUT2D eigenvalue weighted by atomic mass is 16.3. The van der Waals surface area contributed by atoms with Crippen LogP contribution in [-0.4, -0.2) is 62.7 Å². The molecule has 0 spiro atoms. The van der Waals surface area contributed by atoms with Crippen molar-refractivity contribution in [3.63, 3.8) is 0 Å². The number of carbonyl (C=O) groups excluding carboxylic acids is 2. The predicted octanol–water partition coefficient (Wildman–Crippen LogP) is 0.653. The molecule has 2 amide bonds. The van der Waals surface area contributed by atoms with Gasteiger partial charge in [0.25, 0.3) is 5.91 Å². The molecule has 2 aromatic rings. The Labute approximate surface area is 140 Å². The molecule has 0 unspecified atom stereocenters. The van der Waals surface area contributed by atoms with E-state index in [2.05, 4.69) is 5.10 Å². The summed E-state index contributed by atoms with van der Waals surface area (Å²) in [4.78, 5) is 28.2. The van der Waals surface area contributed by atoms with E-state index < -0.39 is 0 Å². The Morgan fingerprint density at radius 3 is 2.50 bits per heavy atom. The highest BCUT2D eigenvalue weighted by Gasteiger charge is 2.25. The van der Waals surface area contributed by atoms with E-state index in [0.717, 1.165) is 5.56 Å². The molecule has 7 heteroatoms. The van der Waals surface area contributed by atoms with Gasteiger partial charge >= 0.3 is 0 Å². The van der Waals surface area contributed by atoms with Crippen LogP contribution in [0.3, 0.4) is 0 Å². The molecule has 1 aromatic heterocycles. The van der Waals surface area contributed by atoms with Crippen molar-refractivity contribution in [2.75, 3.05) is 26.2 Å². The summed E-state index contributed by atoms with van der Waals surface area (Å²) in [6.45, 7) is 2.02. The van der Waals surface area contributed by atoms with Gasteiger partial charge in [0.2, 0.25) is 5.91 Å². The van der Waals surface area contributed by atoms with Gasteiger partial charge in [0, 0.05) is 45.0 Å². The molecule has 1 fully saturated rings. The van der Waals surface area contributed by atoms with E-state index >= 15 is 0 Å². The summed E-state index contributed by atoms with van der Waals surface area (Å²) in [5, 5.41) is 13.5. The standard InChI is InChI=1S/C17H20N4O3/c1-19-12-13(11-18-19)9-16(23)20-5-7-21(8-6-20)17(24)14-3-2-4-15(22)10-14/h2-4,10-12,22H,5-9H2,1H3. The Kier molecular flexibility index (Phi) is 4.50. The summed E-state index contributed by atoms with van der Waals surface area (Å²) in [5.74, 6) is 0.00356. The molecule has 1 aliphatic rings. The Bertz CT molecular complexity index is 748. The predicted molar refractivity (Wildman–Crippen MR) is 87.5 cm³/mol. The quantitative estimate of drug-likeness (QED) is 0.897. The molecule has 1 aromatic carbocycles. The van der Waals surface area contributed by atoms with Gasteiger partial charge in [0.05, 0.1) is 12.6 Å². The Morgan fingerprint density at radius 2 is 1.88 bits per heavy atom. The number of phenolic OH excluding ortho intramolecular Hbond substituents is 1. The van der Waals surface area contributed by atoms with Gasteiger partial charge in [-0.25, -0.2) is 0 Å². The maximum absolute atomic E-state index is 12.4. The van der Waals surface area contributed by atoms with Crippen LogP contribution in [0.15, 0.2) is 36.7 Å². The monoisotopic (exact) mass is 328 g/mol. The first kappa shape index (κ1) is 16.0. The van der Waals surface area contributed by atoms with Gasteiger partial charge in [-0.05, 0) is 23.8 Å². The van der Waals surface area contributed by atoms with Gasteiger partial charge in [-0.1, -0.05) is 6.07 Å². The Morgan fingerprint density at radius 1 is 1.17 bits per heavy atom. The van der Waals surface area contributed by atoms with Gasteiger partial charge in [-0.2, -0.15) is 5.10 Å². The minimum atomic E-state index is -0.120. The average molecular weight is 328 g/mol. The molecule has 0 atom stereocenters. The zero-order chi connectivity index (χ0) is 17.1. The van der Waals surface area contributed by atoms with Crippen molar-refractivity contribution in [3.8, 4) is 5.75 Å². The lowest BCUT2D eigenvalue weighted by atomic mass is 10.1. The van der Waals surface area contributed by atoms with Gasteiger partial charge in [-0.3, -0.25) is 14.3 Å². The van der Waals surface area contributed by atoms with Gasteiger partial charge in [0.15, 0.2) is 0 Å². The molecule has 24 heavy (non-hydrogen) atoms. The summed E-state index contributed by atoms with van der Waals surface area (Å²) in [7, 11) is 1.82. The number of piperazine rings is 1. The van der Waals surface area contributed by atoms with Crippen LogP contribution in [-0.2, 0) is 18.3 Å². The lowest BCUT2D eigenvalue weighted by Crippen LogP contribution is -2.51. The number of hydrogen-bond acceptors (Lipinski definition) is 4. The molecule has 126 valence electrons. The van der Waals surface area contributed by atoms with Crippen molar-refractivity contribution >= 4 is 11.8 Å². The smallest absolute Gasteiger partial charge is 0.254 e. The third-order valence-corrected chi connectivity index (χ3v) is 4.13. The molecule has 0 aliphatic carbocycles. The van der Waals surface area contributed by atoms with E-state index in [-0.39, 0.29) is 17.6 Å². The average Bonchev–Trinajstić information content (AvgIpc) is 2.99. The van der Waals surface area contributed by atoms with E-state index in [4.69, 9.17) is 0 Å². The molecule has 7 nitrogen and oxygen atoms in total. The van der Waals surface area contributed by atoms with E-state index in [1.807, 2.05) is 13.2 Å². The number of nitrogens with zero attached hydrogens (tertiary/aromatic N) is 4. The van der Waals surface area contributed by atoms with Crippen LogP contribution < -0.4 is 0 Å². The van der Waals surface area contributed by atoms with Crippen LogP contribution in [0.2, 0.25) is 0 Å². The molecule has 0 bridgehead atoms. The maximum Gasteiger partial charge on any atom is 0.254 e. The summed E-state index contributed by atoms with van der Waals surface area (Å²) < 4.78 is 1.68. The van der Waals surface area contributed by atoms with Crippen LogP contribution in [0.5, 0.6) is 5.75 Å². The van der Waals surface area contributed by atoms with Crippen LogP contribution in [0.1, 0.15) is 15.9 Å². The topological polar surface area (TPSA) is 78.7 Å². The van der Waals surface area contributed by atoms with Gasteiger partial charge in [-0.15, -0.1) is 0 Å². The molecular formula is C17H20N4O3. The zero-order valence-corrected chi connectivity index (χ0v) is 13.6. The normalized spacial score (nSPS) is 14.7. The second-order valence-electron chi connectivity index (χ2n) is 5.92. The summed E-state index contributed by atoms with van der Waals surface area (Å²) in [6, 6.07) is 6.33. The summed E-state index contributed by atoms with van der Waals surface area (Å²) >= 11 is 0. The van der Waals surface area contributed by atoms with E-state index in [9.17, 15) is 14.7 Å². The second kappa shape index (κ2) is 6.74. The lowest BCUT2D eigenvalue weighted by Gasteiger charge is -2.34. The van der Waals surface area contributed by atoms with Crippen molar-refractivity contribution < 1.29 is 14.7 Å². The fourth-order valence-electron chi connectivity index (χ4n) is 2.83. The van der Waals surface area contributed by atoms with Crippen molar-refractivity contribution in [1.29, 1.82) is 0 Å². The lowest BCUT2D eigenvalue weighted by molar-refractivity contribution is -0.131. The Balaban J connectivity index is 1.55. The molecule has 1 saturated heterocycles. The third kappa shape index (κ3) is 3.56. The maximum atomic E-state index is 12.4. The van der Waals surface area contributed by atoms with Crippen molar-refractivity contribution in [2.24, 2.45) is 7.05 Å². The number of amides is 2. The highest BCUT2D eigenvalue weighted by Crippen LogP contribution is 2.15. The van der Waals surface area contributed by atoms with Crippen LogP contribution in [0.4, 0.5) is 0 Å². The zero-order valence-electron chi connectivity index (χ0n) is 13.6. The van der Waals surface area contributed by atoms with E-state index in [0.29, 0.717) is 38.2 Å². The molecule has 3 rings (SSSR count). The fourth-order valence-corrected chi connectivity index (χ4v) is 2.83. The van der Waals surface area contributed by atoms with Crippen molar-refractivity contribution in [1.82, 2.24) is 19.6 Å². The largest absolute Gasteiger partial charge is 0.508 e. The molecule has 0 saturated carbocycles. The number of aryl methyl sites for hydroxylation is 1. The minimum absolute atomic E-state index is 0.0486. The number of carbonyl (C=O) groups is 2. The number of benzene rings is 1. The number of aromatic hydroxyl groups is 1. The van der Waals surface area contributed by atoms with E-state index in [1.54, 1.807) is 32.8 Å². The SMILES string of the molecule is Cn1cc(CC(=O)N2CCN(C(=O)c3cccc(O)c3)CC2)cn1. The van der Waals surface area contributed by atoms with Gasteiger partial charge in [0.1, 0.15) is 5.75 Å². The van der Waals surface area contributed by atoms with Crippen molar-refractivity contribution in [3.05, 3.63) is 47.8 Å². The van der Waals surface area contributed by atoms with Crippen LogP contribution >= 0.6 is 0 Å². The molecule has 1 aliphatic heterocycles. The molecule has 0 radical (unpaired) electrons.